The second kappa shape index (κ2) is 6.98. The minimum absolute atomic E-state index is 0.387. The number of methoxy groups -OCH3 is 1. The summed E-state index contributed by atoms with van der Waals surface area (Å²) in [6.07, 6.45) is 2.00. The highest BCUT2D eigenvalue weighted by Crippen LogP contribution is 2.38. The quantitative estimate of drug-likeness (QED) is 0.842. The van der Waals surface area contributed by atoms with E-state index < -0.39 is 7.12 Å². The highest BCUT2D eigenvalue weighted by atomic mass is 16.7. The number of rotatable bonds is 5. The minimum Gasteiger partial charge on any atom is -0.495 e. The van der Waals surface area contributed by atoms with Crippen LogP contribution in [0.5, 0.6) is 5.75 Å². The molecule has 0 amide bonds. The molecule has 1 saturated heterocycles. The smallest absolute Gasteiger partial charge is 0.491 e. The first-order valence-corrected chi connectivity index (χ1v) is 8.03. The van der Waals surface area contributed by atoms with Gasteiger partial charge in [0.15, 0.2) is 0 Å². The van der Waals surface area contributed by atoms with E-state index in [9.17, 15) is 5.26 Å². The van der Waals surface area contributed by atoms with Crippen LogP contribution in [0.4, 0.5) is 0 Å². The summed E-state index contributed by atoms with van der Waals surface area (Å²) in [6, 6.07) is 7.68. The predicted molar refractivity (Wildman–Crippen MR) is 95.7 cm³/mol. The van der Waals surface area contributed by atoms with E-state index in [4.69, 9.17) is 14.0 Å². The Morgan fingerprint density at radius 2 is 1.92 bits per heavy atom. The van der Waals surface area contributed by atoms with Crippen LogP contribution in [0.3, 0.4) is 0 Å². The van der Waals surface area contributed by atoms with Crippen LogP contribution < -0.4 is 10.1 Å². The second-order valence-electron chi connectivity index (χ2n) is 6.91. The Hall–Kier alpha value is -1.81. The van der Waals surface area contributed by atoms with Crippen molar-refractivity contribution in [3.63, 3.8) is 0 Å². The molecule has 1 heterocycles. The lowest BCUT2D eigenvalue weighted by Crippen LogP contribution is -2.41. The molecular formula is C18H25BN2O3. The molecule has 0 radical (unpaired) electrons. The van der Waals surface area contributed by atoms with Crippen molar-refractivity contribution in [3.8, 4) is 11.8 Å². The fraction of sp³-hybridized carbons (Fsp3) is 0.500. The molecular weight excluding hydrogens is 303 g/mol. The first kappa shape index (κ1) is 18.5. The van der Waals surface area contributed by atoms with E-state index >= 15 is 0 Å². The van der Waals surface area contributed by atoms with Crippen LogP contribution >= 0.6 is 0 Å². The van der Waals surface area contributed by atoms with Crippen molar-refractivity contribution in [2.75, 3.05) is 20.7 Å². The van der Waals surface area contributed by atoms with Gasteiger partial charge in [0.25, 0.3) is 0 Å². The van der Waals surface area contributed by atoms with E-state index in [1.54, 1.807) is 19.2 Å². The third-order valence-corrected chi connectivity index (χ3v) is 4.63. The van der Waals surface area contributed by atoms with Gasteiger partial charge in [0.1, 0.15) is 11.8 Å². The lowest BCUT2D eigenvalue weighted by molar-refractivity contribution is 0.00578. The molecule has 2 rings (SSSR count). The lowest BCUT2D eigenvalue weighted by atomic mass is 9.77. The summed E-state index contributed by atoms with van der Waals surface area (Å²) >= 11 is 0. The Labute approximate surface area is 144 Å². The van der Waals surface area contributed by atoms with Crippen LogP contribution in [-0.2, 0) is 9.31 Å². The number of nitrogens with zero attached hydrogens (tertiary/aromatic N) is 1. The van der Waals surface area contributed by atoms with Gasteiger partial charge in [-0.15, -0.1) is 0 Å². The lowest BCUT2D eigenvalue weighted by Gasteiger charge is -2.32. The van der Waals surface area contributed by atoms with Crippen LogP contribution in [0.25, 0.3) is 6.08 Å². The summed E-state index contributed by atoms with van der Waals surface area (Å²) in [5.41, 5.74) is 1.62. The molecule has 0 unspecified atom stereocenters. The van der Waals surface area contributed by atoms with Gasteiger partial charge < -0.3 is 19.4 Å². The van der Waals surface area contributed by atoms with Crippen molar-refractivity contribution in [1.29, 1.82) is 5.26 Å². The van der Waals surface area contributed by atoms with Crippen molar-refractivity contribution in [3.05, 3.63) is 34.8 Å². The van der Waals surface area contributed by atoms with Gasteiger partial charge in [-0.2, -0.15) is 5.26 Å². The molecule has 128 valence electrons. The summed E-state index contributed by atoms with van der Waals surface area (Å²) in [7, 11) is 3.02. The summed E-state index contributed by atoms with van der Waals surface area (Å²) < 4.78 is 17.5. The summed E-state index contributed by atoms with van der Waals surface area (Å²) in [5, 5.41) is 12.4. The van der Waals surface area contributed by atoms with E-state index in [0.717, 1.165) is 11.0 Å². The third kappa shape index (κ3) is 3.64. The summed E-state index contributed by atoms with van der Waals surface area (Å²) in [6.45, 7) is 8.76. The first-order chi connectivity index (χ1) is 11.2. The monoisotopic (exact) mass is 328 g/mol. The Morgan fingerprint density at radius 1 is 1.29 bits per heavy atom. The molecule has 0 aromatic heterocycles. The highest BCUT2D eigenvalue weighted by molar-refractivity contribution is 6.55. The van der Waals surface area contributed by atoms with Gasteiger partial charge in [0, 0.05) is 6.54 Å². The fourth-order valence-electron chi connectivity index (χ4n) is 2.52. The van der Waals surface area contributed by atoms with Crippen LogP contribution in [-0.4, -0.2) is 39.0 Å². The van der Waals surface area contributed by atoms with Crippen LogP contribution in [0.2, 0.25) is 0 Å². The highest BCUT2D eigenvalue weighted by Gasteiger charge is 2.52. The molecule has 1 fully saturated rings. The van der Waals surface area contributed by atoms with Crippen molar-refractivity contribution >= 4 is 13.2 Å². The molecule has 1 aromatic carbocycles. The Morgan fingerprint density at radius 3 is 2.42 bits per heavy atom. The first-order valence-electron chi connectivity index (χ1n) is 8.03. The van der Waals surface area contributed by atoms with Crippen LogP contribution in [0.1, 0.15) is 38.8 Å². The Kier molecular flexibility index (Phi) is 5.39. The van der Waals surface area contributed by atoms with Gasteiger partial charge in [-0.25, -0.2) is 0 Å². The average molecular weight is 328 g/mol. The van der Waals surface area contributed by atoms with E-state index in [1.165, 1.54) is 0 Å². The van der Waals surface area contributed by atoms with Gasteiger partial charge in [0.2, 0.25) is 0 Å². The third-order valence-electron chi connectivity index (χ3n) is 4.63. The number of hydrogen-bond acceptors (Lipinski definition) is 5. The van der Waals surface area contributed by atoms with Gasteiger partial charge in [-0.3, -0.25) is 0 Å². The predicted octanol–water partition coefficient (Wildman–Crippen LogP) is 2.80. The average Bonchev–Trinajstić information content (AvgIpc) is 2.74. The molecule has 0 atom stereocenters. The molecule has 0 aliphatic carbocycles. The number of likely N-dealkylation sites (N-methyl/N-ethyl adjacent to an activating group) is 1. The fourth-order valence-corrected chi connectivity index (χ4v) is 2.52. The topological polar surface area (TPSA) is 63.5 Å². The van der Waals surface area contributed by atoms with Gasteiger partial charge >= 0.3 is 7.12 Å². The number of benzene rings is 1. The minimum atomic E-state index is -0.421. The molecule has 0 saturated carbocycles. The molecule has 1 aliphatic rings. The van der Waals surface area contributed by atoms with Crippen molar-refractivity contribution in [2.45, 2.75) is 38.9 Å². The van der Waals surface area contributed by atoms with Crippen LogP contribution in [0, 0.1) is 11.3 Å². The number of nitrogens with one attached hydrogen (secondary N) is 1. The maximum absolute atomic E-state index is 9.25. The zero-order valence-electron chi connectivity index (χ0n) is 15.3. The molecule has 0 bridgehead atoms. The normalized spacial score (nSPS) is 19.2. The maximum atomic E-state index is 9.25. The molecule has 0 spiro atoms. The number of ether oxygens (including phenoxy) is 1. The molecule has 1 aliphatic heterocycles. The Bertz CT molecular complexity index is 661. The zero-order valence-corrected chi connectivity index (χ0v) is 15.3. The molecule has 24 heavy (non-hydrogen) atoms. The van der Waals surface area contributed by atoms with Gasteiger partial charge in [-0.1, -0.05) is 12.1 Å². The summed E-state index contributed by atoms with van der Waals surface area (Å²) in [5.74, 6) is 0.570. The number of hydrogen-bond donors (Lipinski definition) is 1. The standard InChI is InChI=1S/C18H25BN2O3/c1-17(2)18(3,4)24-19(23-17)15(12-21-5)10-13-7-8-16(22-6)14(9-13)11-20/h7-10,21H,12H2,1-6H3. The second-order valence-corrected chi connectivity index (χ2v) is 6.91. The maximum Gasteiger partial charge on any atom is 0.491 e. The van der Waals surface area contributed by atoms with E-state index in [1.807, 2.05) is 46.9 Å². The molecule has 1 N–H and O–H groups in total. The van der Waals surface area contributed by atoms with Crippen molar-refractivity contribution in [2.24, 2.45) is 0 Å². The van der Waals surface area contributed by atoms with E-state index in [2.05, 4.69) is 11.4 Å². The zero-order chi connectivity index (χ0) is 18.0. The van der Waals surface area contributed by atoms with E-state index in [0.29, 0.717) is 17.9 Å². The SMILES string of the molecule is CNCC(=Cc1ccc(OC)c(C#N)c1)B1OC(C)(C)C(C)(C)O1. The van der Waals surface area contributed by atoms with E-state index in [-0.39, 0.29) is 11.2 Å². The molecule has 1 aromatic rings. The molecule has 6 heteroatoms. The Balaban J connectivity index is 2.35. The number of nitriles is 1. The molecule has 5 nitrogen and oxygen atoms in total. The van der Waals surface area contributed by atoms with Crippen LogP contribution in [0.15, 0.2) is 23.7 Å². The largest absolute Gasteiger partial charge is 0.495 e. The van der Waals surface area contributed by atoms with Crippen molar-refractivity contribution < 1.29 is 14.0 Å². The van der Waals surface area contributed by atoms with Gasteiger partial charge in [0.05, 0.1) is 23.9 Å². The van der Waals surface area contributed by atoms with Gasteiger partial charge in [-0.05, 0) is 57.9 Å². The van der Waals surface area contributed by atoms with Crippen molar-refractivity contribution in [1.82, 2.24) is 5.32 Å². The summed E-state index contributed by atoms with van der Waals surface area (Å²) in [4.78, 5) is 0.